The van der Waals surface area contributed by atoms with E-state index in [1.165, 1.54) is 12.1 Å². The first-order valence-electron chi connectivity index (χ1n) is 5.68. The number of cyclic esters (lactones) is 1. The molecular formula is C12H15FN2O3. The van der Waals surface area contributed by atoms with Gasteiger partial charge < -0.3 is 20.5 Å². The highest BCUT2D eigenvalue weighted by atomic mass is 19.1. The average Bonchev–Trinajstić information content (AvgIpc) is 2.73. The van der Waals surface area contributed by atoms with Crippen molar-refractivity contribution in [1.29, 1.82) is 0 Å². The molecule has 0 radical (unpaired) electrons. The topological polar surface area (TPSA) is 73.6 Å². The van der Waals surface area contributed by atoms with Crippen LogP contribution in [0, 0.1) is 5.82 Å². The van der Waals surface area contributed by atoms with Gasteiger partial charge in [0.1, 0.15) is 6.61 Å². The molecule has 18 heavy (non-hydrogen) atoms. The van der Waals surface area contributed by atoms with E-state index in [-0.39, 0.29) is 24.5 Å². The number of benzene rings is 1. The molecule has 0 saturated carbocycles. The molecule has 1 fully saturated rings. The molecule has 1 aliphatic heterocycles. The molecule has 1 saturated heterocycles. The molecule has 5 nitrogen and oxygen atoms in total. The van der Waals surface area contributed by atoms with Gasteiger partial charge in [-0.05, 0) is 24.6 Å². The summed E-state index contributed by atoms with van der Waals surface area (Å²) in [4.78, 5) is 10.8. The summed E-state index contributed by atoms with van der Waals surface area (Å²) in [7, 11) is 0. The fraction of sp³-hybridized carbons (Fsp3) is 0.417. The lowest BCUT2D eigenvalue weighted by Gasteiger charge is -2.12. The second-order valence-electron chi connectivity index (χ2n) is 4.20. The number of amides is 1. The summed E-state index contributed by atoms with van der Waals surface area (Å²) in [5.41, 5.74) is 6.35. The maximum absolute atomic E-state index is 13.7. The average molecular weight is 254 g/mol. The van der Waals surface area contributed by atoms with Crippen molar-refractivity contribution in [3.05, 3.63) is 29.6 Å². The Balaban J connectivity index is 1.95. The fourth-order valence-electron chi connectivity index (χ4n) is 1.62. The van der Waals surface area contributed by atoms with Gasteiger partial charge in [0, 0.05) is 6.04 Å². The van der Waals surface area contributed by atoms with E-state index in [4.69, 9.17) is 15.2 Å². The van der Waals surface area contributed by atoms with E-state index < -0.39 is 11.9 Å². The number of carbonyl (C=O) groups is 1. The largest absolute Gasteiger partial charge is 0.487 e. The van der Waals surface area contributed by atoms with Crippen LogP contribution in [-0.4, -0.2) is 25.3 Å². The molecule has 0 aromatic heterocycles. The summed E-state index contributed by atoms with van der Waals surface area (Å²) in [5.74, 6) is -0.343. The summed E-state index contributed by atoms with van der Waals surface area (Å²) < 4.78 is 23.8. The minimum absolute atomic E-state index is 0.118. The zero-order valence-corrected chi connectivity index (χ0v) is 9.98. The molecule has 3 N–H and O–H groups in total. The third-order valence-electron chi connectivity index (χ3n) is 2.65. The number of rotatable bonds is 4. The SMILES string of the molecule is C[C@@H](N)c1ccc(OCC2CNC(=O)O2)c(F)c1. The van der Waals surface area contributed by atoms with E-state index in [1.807, 2.05) is 0 Å². The lowest BCUT2D eigenvalue weighted by Crippen LogP contribution is -2.22. The predicted molar refractivity (Wildman–Crippen MR) is 62.8 cm³/mol. The minimum Gasteiger partial charge on any atom is -0.487 e. The van der Waals surface area contributed by atoms with Crippen LogP contribution >= 0.6 is 0 Å². The standard InChI is InChI=1S/C12H15FN2O3/c1-7(14)8-2-3-11(10(13)4-8)17-6-9-5-15-12(16)18-9/h2-4,7,9H,5-6,14H2,1H3,(H,15,16)/t7-,9?/m1/s1. The number of hydrogen-bond acceptors (Lipinski definition) is 4. The number of halogens is 1. The minimum atomic E-state index is -0.476. The molecule has 0 bridgehead atoms. The molecule has 2 atom stereocenters. The summed E-state index contributed by atoms with van der Waals surface area (Å²) in [6, 6.07) is 4.35. The van der Waals surface area contributed by atoms with Gasteiger partial charge in [-0.15, -0.1) is 0 Å². The predicted octanol–water partition coefficient (Wildman–Crippen LogP) is 1.33. The highest BCUT2D eigenvalue weighted by Gasteiger charge is 2.23. The van der Waals surface area contributed by atoms with Crippen LogP contribution < -0.4 is 15.8 Å². The van der Waals surface area contributed by atoms with E-state index in [1.54, 1.807) is 13.0 Å². The Bertz CT molecular complexity index is 451. The Hall–Kier alpha value is -1.82. The van der Waals surface area contributed by atoms with Crippen molar-refractivity contribution in [3.63, 3.8) is 0 Å². The van der Waals surface area contributed by atoms with Crippen LogP contribution in [-0.2, 0) is 4.74 Å². The number of carbonyl (C=O) groups excluding carboxylic acids is 1. The Morgan fingerprint density at radius 1 is 1.67 bits per heavy atom. The summed E-state index contributed by atoms with van der Waals surface area (Å²) >= 11 is 0. The smallest absolute Gasteiger partial charge is 0.407 e. The Labute approximate surface area is 104 Å². The third-order valence-corrected chi connectivity index (χ3v) is 2.65. The molecule has 1 heterocycles. The van der Waals surface area contributed by atoms with Gasteiger partial charge in [0.2, 0.25) is 0 Å². The van der Waals surface area contributed by atoms with E-state index in [9.17, 15) is 9.18 Å². The summed E-state index contributed by atoms with van der Waals surface area (Å²) in [5, 5.41) is 2.49. The maximum Gasteiger partial charge on any atom is 0.407 e. The zero-order valence-electron chi connectivity index (χ0n) is 9.98. The number of nitrogens with one attached hydrogen (secondary N) is 1. The quantitative estimate of drug-likeness (QED) is 0.850. The van der Waals surface area contributed by atoms with Crippen LogP contribution in [0.15, 0.2) is 18.2 Å². The Morgan fingerprint density at radius 3 is 3.00 bits per heavy atom. The van der Waals surface area contributed by atoms with Crippen molar-refractivity contribution >= 4 is 6.09 Å². The lowest BCUT2D eigenvalue weighted by atomic mass is 10.1. The summed E-state index contributed by atoms with van der Waals surface area (Å²) in [6.07, 6.45) is -0.860. The van der Waals surface area contributed by atoms with Gasteiger partial charge in [-0.1, -0.05) is 6.07 Å². The molecule has 1 amide bonds. The number of alkyl carbamates (subject to hydrolysis) is 1. The molecule has 6 heteroatoms. The number of ether oxygens (including phenoxy) is 2. The van der Waals surface area contributed by atoms with E-state index in [0.29, 0.717) is 12.1 Å². The van der Waals surface area contributed by atoms with Gasteiger partial charge in [0.25, 0.3) is 0 Å². The van der Waals surface area contributed by atoms with Gasteiger partial charge >= 0.3 is 6.09 Å². The molecule has 2 rings (SSSR count). The highest BCUT2D eigenvalue weighted by molar-refractivity contribution is 5.69. The molecule has 1 aromatic rings. The molecule has 0 aliphatic carbocycles. The number of hydrogen-bond donors (Lipinski definition) is 2. The Morgan fingerprint density at radius 2 is 2.44 bits per heavy atom. The van der Waals surface area contributed by atoms with Crippen LogP contribution in [0.5, 0.6) is 5.75 Å². The molecule has 98 valence electrons. The maximum atomic E-state index is 13.7. The number of nitrogens with two attached hydrogens (primary N) is 1. The molecule has 1 unspecified atom stereocenters. The van der Waals surface area contributed by atoms with E-state index in [2.05, 4.69) is 5.32 Å². The molecular weight excluding hydrogens is 239 g/mol. The second kappa shape index (κ2) is 5.22. The first-order valence-corrected chi connectivity index (χ1v) is 5.68. The van der Waals surface area contributed by atoms with Crippen LogP contribution in [0.3, 0.4) is 0 Å². The van der Waals surface area contributed by atoms with Crippen molar-refractivity contribution in [2.75, 3.05) is 13.2 Å². The monoisotopic (exact) mass is 254 g/mol. The van der Waals surface area contributed by atoms with Crippen LogP contribution in [0.25, 0.3) is 0 Å². The van der Waals surface area contributed by atoms with E-state index in [0.717, 1.165) is 0 Å². The van der Waals surface area contributed by atoms with Gasteiger partial charge in [-0.25, -0.2) is 9.18 Å². The normalized spacial score (nSPS) is 20.2. The Kier molecular flexibility index (Phi) is 3.66. The highest BCUT2D eigenvalue weighted by Crippen LogP contribution is 2.21. The van der Waals surface area contributed by atoms with Crippen LogP contribution in [0.2, 0.25) is 0 Å². The van der Waals surface area contributed by atoms with Crippen molar-refractivity contribution < 1.29 is 18.7 Å². The van der Waals surface area contributed by atoms with Gasteiger partial charge in [0.15, 0.2) is 17.7 Å². The molecule has 0 spiro atoms. The van der Waals surface area contributed by atoms with Gasteiger partial charge in [0.05, 0.1) is 6.54 Å². The first-order chi connectivity index (χ1) is 8.56. The van der Waals surface area contributed by atoms with Gasteiger partial charge in [-0.2, -0.15) is 0 Å². The van der Waals surface area contributed by atoms with Crippen molar-refractivity contribution in [2.45, 2.75) is 19.1 Å². The summed E-state index contributed by atoms with van der Waals surface area (Å²) in [6.45, 7) is 2.27. The van der Waals surface area contributed by atoms with Gasteiger partial charge in [-0.3, -0.25) is 0 Å². The second-order valence-corrected chi connectivity index (χ2v) is 4.20. The van der Waals surface area contributed by atoms with Crippen molar-refractivity contribution in [3.8, 4) is 5.75 Å². The zero-order chi connectivity index (χ0) is 13.1. The van der Waals surface area contributed by atoms with Crippen molar-refractivity contribution in [1.82, 2.24) is 5.32 Å². The first kappa shape index (κ1) is 12.6. The van der Waals surface area contributed by atoms with Crippen LogP contribution in [0.4, 0.5) is 9.18 Å². The fourth-order valence-corrected chi connectivity index (χ4v) is 1.62. The lowest BCUT2D eigenvalue weighted by molar-refractivity contribution is 0.103. The molecule has 1 aromatic carbocycles. The molecule has 1 aliphatic rings. The third kappa shape index (κ3) is 2.89. The van der Waals surface area contributed by atoms with Crippen molar-refractivity contribution in [2.24, 2.45) is 5.73 Å². The van der Waals surface area contributed by atoms with Crippen LogP contribution in [0.1, 0.15) is 18.5 Å². The van der Waals surface area contributed by atoms with E-state index >= 15 is 0 Å².